The molecule has 8 heteroatoms. The average Bonchev–Trinajstić information content (AvgIpc) is 3.09. The Morgan fingerprint density at radius 3 is 2.81 bits per heavy atom. The van der Waals surface area contributed by atoms with Gasteiger partial charge >= 0.3 is 5.97 Å². The van der Waals surface area contributed by atoms with Crippen LogP contribution in [0.4, 0.5) is 0 Å². The lowest BCUT2D eigenvalue weighted by Crippen LogP contribution is -2.45. The number of hydrogen-bond donors (Lipinski definition) is 0. The van der Waals surface area contributed by atoms with Gasteiger partial charge in [-0.2, -0.15) is 0 Å². The van der Waals surface area contributed by atoms with E-state index in [0.717, 1.165) is 30.4 Å². The molecule has 1 amide bonds. The van der Waals surface area contributed by atoms with Crippen LogP contribution in [0.1, 0.15) is 33.1 Å². The molecular formula is C19H28BrN3O4. The first-order valence-electron chi connectivity index (χ1n) is 9.48. The average molecular weight is 442 g/mol. The first kappa shape index (κ1) is 21.6. The molecule has 2 rings (SSSR count). The first-order chi connectivity index (χ1) is 12.9. The molecule has 7 nitrogen and oxygen atoms in total. The van der Waals surface area contributed by atoms with Crippen molar-refractivity contribution in [2.45, 2.75) is 45.7 Å². The number of ether oxygens (including phenoxy) is 1. The maximum atomic E-state index is 12.9. The highest BCUT2D eigenvalue weighted by Crippen LogP contribution is 2.18. The molecule has 0 spiro atoms. The minimum Gasteiger partial charge on any atom is -0.466 e. The second-order valence-corrected chi connectivity index (χ2v) is 7.55. The predicted molar refractivity (Wildman–Crippen MR) is 107 cm³/mol. The van der Waals surface area contributed by atoms with Gasteiger partial charge in [-0.3, -0.25) is 19.3 Å². The summed E-state index contributed by atoms with van der Waals surface area (Å²) in [7, 11) is 0. The number of carbonyl (C=O) groups is 2. The minimum absolute atomic E-state index is 0.0417. The van der Waals surface area contributed by atoms with Crippen LogP contribution in [0.2, 0.25) is 0 Å². The van der Waals surface area contributed by atoms with Crippen LogP contribution in [0.5, 0.6) is 0 Å². The van der Waals surface area contributed by atoms with Crippen LogP contribution >= 0.6 is 15.9 Å². The van der Waals surface area contributed by atoms with Gasteiger partial charge in [-0.1, -0.05) is 6.92 Å². The van der Waals surface area contributed by atoms with Crippen LogP contribution in [0.25, 0.3) is 0 Å². The molecule has 0 N–H and O–H groups in total. The topological polar surface area (TPSA) is 71.8 Å². The number of nitrogens with zero attached hydrogens (tertiary/aromatic N) is 3. The van der Waals surface area contributed by atoms with E-state index in [-0.39, 0.29) is 30.4 Å². The van der Waals surface area contributed by atoms with Gasteiger partial charge in [0.15, 0.2) is 0 Å². The van der Waals surface area contributed by atoms with E-state index in [1.165, 1.54) is 10.6 Å². The first-order valence-corrected chi connectivity index (χ1v) is 10.3. The fourth-order valence-corrected chi connectivity index (χ4v) is 3.80. The highest BCUT2D eigenvalue weighted by Gasteiger charge is 2.27. The summed E-state index contributed by atoms with van der Waals surface area (Å²) >= 11 is 3.33. The molecule has 1 unspecified atom stereocenters. The van der Waals surface area contributed by atoms with Crippen molar-refractivity contribution in [1.82, 2.24) is 14.4 Å². The summed E-state index contributed by atoms with van der Waals surface area (Å²) in [5.74, 6) is -0.476. The van der Waals surface area contributed by atoms with Gasteiger partial charge in [-0.25, -0.2) is 0 Å². The van der Waals surface area contributed by atoms with E-state index in [0.29, 0.717) is 25.7 Å². The van der Waals surface area contributed by atoms with Gasteiger partial charge in [-0.05, 0) is 54.9 Å². The van der Waals surface area contributed by atoms with Crippen LogP contribution < -0.4 is 5.56 Å². The Balaban J connectivity index is 2.09. The normalized spacial score (nSPS) is 17.1. The fourth-order valence-electron chi connectivity index (χ4n) is 3.42. The number of amides is 1. The molecule has 0 aliphatic carbocycles. The number of likely N-dealkylation sites (tertiary alicyclic amines) is 1. The van der Waals surface area contributed by atoms with E-state index in [4.69, 9.17) is 4.74 Å². The van der Waals surface area contributed by atoms with Crippen molar-refractivity contribution in [2.75, 3.05) is 32.8 Å². The van der Waals surface area contributed by atoms with E-state index in [1.54, 1.807) is 24.1 Å². The van der Waals surface area contributed by atoms with Gasteiger partial charge < -0.3 is 14.2 Å². The molecule has 1 aliphatic heterocycles. The predicted octanol–water partition coefficient (Wildman–Crippen LogP) is 1.88. The number of aromatic nitrogens is 1. The van der Waals surface area contributed by atoms with Crippen molar-refractivity contribution >= 4 is 27.8 Å². The molecule has 1 saturated heterocycles. The van der Waals surface area contributed by atoms with Crippen LogP contribution in [0.3, 0.4) is 0 Å². The zero-order valence-corrected chi connectivity index (χ0v) is 17.6. The van der Waals surface area contributed by atoms with Crippen LogP contribution in [0, 0.1) is 0 Å². The summed E-state index contributed by atoms with van der Waals surface area (Å²) in [5, 5.41) is 0. The fraction of sp³-hybridized carbons (Fsp3) is 0.632. The molecule has 1 fully saturated rings. The molecular weight excluding hydrogens is 414 g/mol. The van der Waals surface area contributed by atoms with Gasteiger partial charge in [0.2, 0.25) is 5.91 Å². The van der Waals surface area contributed by atoms with Gasteiger partial charge in [0.1, 0.15) is 6.54 Å². The largest absolute Gasteiger partial charge is 0.466 e. The number of carbonyl (C=O) groups excluding carboxylic acids is 2. The highest BCUT2D eigenvalue weighted by atomic mass is 79.9. The number of likely N-dealkylation sites (N-methyl/N-ethyl adjacent to an activating group) is 1. The van der Waals surface area contributed by atoms with Crippen LogP contribution in [-0.2, 0) is 20.9 Å². The van der Waals surface area contributed by atoms with E-state index < -0.39 is 0 Å². The smallest absolute Gasteiger partial charge is 0.307 e. The number of halogens is 1. The Kier molecular flexibility index (Phi) is 8.50. The Morgan fingerprint density at radius 2 is 2.11 bits per heavy atom. The van der Waals surface area contributed by atoms with Gasteiger partial charge in [0, 0.05) is 35.9 Å². The molecule has 1 aromatic rings. The maximum Gasteiger partial charge on any atom is 0.307 e. The van der Waals surface area contributed by atoms with E-state index in [9.17, 15) is 14.4 Å². The SMILES string of the molecule is CCOC(=O)CCN(CC1CCCN1CC)C(=O)Cn1cc(Br)ccc1=O. The Hall–Kier alpha value is -1.67. The molecule has 1 aromatic heterocycles. The van der Waals surface area contributed by atoms with Crippen molar-refractivity contribution in [3.05, 3.63) is 33.2 Å². The summed E-state index contributed by atoms with van der Waals surface area (Å²) in [6.45, 7) is 7.00. The molecule has 0 aromatic carbocycles. The lowest BCUT2D eigenvalue weighted by atomic mass is 10.2. The summed E-state index contributed by atoms with van der Waals surface area (Å²) in [6, 6.07) is 3.37. The molecule has 0 bridgehead atoms. The molecule has 1 aliphatic rings. The highest BCUT2D eigenvalue weighted by molar-refractivity contribution is 9.10. The van der Waals surface area contributed by atoms with Gasteiger partial charge in [0.05, 0.1) is 13.0 Å². The number of rotatable bonds is 9. The standard InChI is InChI=1S/C19H28BrN3O4/c1-3-21-10-5-6-16(21)13-22(11-9-19(26)27-4-2)18(25)14-23-12-15(20)7-8-17(23)24/h7-8,12,16H,3-6,9-11,13-14H2,1-2H3. The summed E-state index contributed by atoms with van der Waals surface area (Å²) in [6.07, 6.45) is 3.92. The second-order valence-electron chi connectivity index (χ2n) is 6.63. The van der Waals surface area contributed by atoms with Crippen molar-refractivity contribution in [3.8, 4) is 0 Å². The Morgan fingerprint density at radius 1 is 1.33 bits per heavy atom. The quantitative estimate of drug-likeness (QED) is 0.547. The van der Waals surface area contributed by atoms with Crippen LogP contribution in [0.15, 0.2) is 27.6 Å². The third kappa shape index (κ3) is 6.46. The van der Waals surface area contributed by atoms with Gasteiger partial charge in [-0.15, -0.1) is 0 Å². The van der Waals surface area contributed by atoms with Crippen molar-refractivity contribution < 1.29 is 14.3 Å². The molecule has 1 atom stereocenters. The Labute approximate surface area is 168 Å². The van der Waals surface area contributed by atoms with Crippen LogP contribution in [-0.4, -0.2) is 65.1 Å². The van der Waals surface area contributed by atoms with Crippen molar-refractivity contribution in [1.29, 1.82) is 0 Å². The summed E-state index contributed by atoms with van der Waals surface area (Å²) in [5.41, 5.74) is -0.229. The minimum atomic E-state index is -0.311. The summed E-state index contributed by atoms with van der Waals surface area (Å²) < 4.78 is 7.11. The van der Waals surface area contributed by atoms with E-state index in [2.05, 4.69) is 27.8 Å². The monoisotopic (exact) mass is 441 g/mol. The molecule has 0 radical (unpaired) electrons. The van der Waals surface area contributed by atoms with E-state index in [1.807, 2.05) is 0 Å². The third-order valence-electron chi connectivity index (χ3n) is 4.83. The van der Waals surface area contributed by atoms with Gasteiger partial charge in [0.25, 0.3) is 5.56 Å². The number of hydrogen-bond acceptors (Lipinski definition) is 5. The maximum absolute atomic E-state index is 12.9. The Bertz CT molecular complexity index is 706. The zero-order chi connectivity index (χ0) is 19.8. The summed E-state index contributed by atoms with van der Waals surface area (Å²) in [4.78, 5) is 40.7. The molecule has 2 heterocycles. The number of pyridine rings is 1. The number of esters is 1. The van der Waals surface area contributed by atoms with Crippen molar-refractivity contribution in [3.63, 3.8) is 0 Å². The second kappa shape index (κ2) is 10.6. The zero-order valence-electron chi connectivity index (χ0n) is 16.0. The molecule has 27 heavy (non-hydrogen) atoms. The molecule has 0 saturated carbocycles. The van der Waals surface area contributed by atoms with Crippen molar-refractivity contribution in [2.24, 2.45) is 0 Å². The lowest BCUT2D eigenvalue weighted by molar-refractivity contribution is -0.144. The third-order valence-corrected chi connectivity index (χ3v) is 5.30. The van der Waals surface area contributed by atoms with E-state index >= 15 is 0 Å². The molecule has 150 valence electrons. The lowest BCUT2D eigenvalue weighted by Gasteiger charge is -2.30.